The lowest BCUT2D eigenvalue weighted by Crippen LogP contribution is -1.98. The molecule has 0 aromatic heterocycles. The second-order valence-corrected chi connectivity index (χ2v) is 3.69. The SMILES string of the molecule is CCOC(=O)/C=C/C=C(/C)c1ccc(OC)cc1. The highest BCUT2D eigenvalue weighted by Crippen LogP contribution is 2.17. The van der Waals surface area contributed by atoms with Crippen LogP contribution in [0.2, 0.25) is 0 Å². The van der Waals surface area contributed by atoms with E-state index >= 15 is 0 Å². The Labute approximate surface area is 108 Å². The van der Waals surface area contributed by atoms with Crippen LogP contribution in [0, 0.1) is 0 Å². The van der Waals surface area contributed by atoms with E-state index in [9.17, 15) is 4.79 Å². The lowest BCUT2D eigenvalue weighted by molar-refractivity contribution is -0.137. The predicted molar refractivity (Wildman–Crippen MR) is 72.4 cm³/mol. The number of methoxy groups -OCH3 is 1. The fourth-order valence-electron chi connectivity index (χ4n) is 1.41. The van der Waals surface area contributed by atoms with Crippen molar-refractivity contribution >= 4 is 11.5 Å². The summed E-state index contributed by atoms with van der Waals surface area (Å²) in [6.45, 7) is 4.16. The topological polar surface area (TPSA) is 35.5 Å². The molecule has 0 aliphatic rings. The summed E-state index contributed by atoms with van der Waals surface area (Å²) in [5, 5.41) is 0. The van der Waals surface area contributed by atoms with Gasteiger partial charge in [0.25, 0.3) is 0 Å². The Bertz CT molecular complexity index is 441. The van der Waals surface area contributed by atoms with Crippen LogP contribution in [-0.2, 0) is 9.53 Å². The molecule has 0 spiro atoms. The van der Waals surface area contributed by atoms with Gasteiger partial charge in [-0.1, -0.05) is 24.3 Å². The van der Waals surface area contributed by atoms with Crippen molar-refractivity contribution in [2.75, 3.05) is 13.7 Å². The van der Waals surface area contributed by atoms with Crippen molar-refractivity contribution in [1.82, 2.24) is 0 Å². The van der Waals surface area contributed by atoms with Crippen molar-refractivity contribution in [1.29, 1.82) is 0 Å². The molecule has 0 radical (unpaired) electrons. The smallest absolute Gasteiger partial charge is 0.330 e. The highest BCUT2D eigenvalue weighted by atomic mass is 16.5. The first kappa shape index (κ1) is 14.0. The molecule has 0 saturated heterocycles. The molecule has 1 aromatic carbocycles. The van der Waals surface area contributed by atoms with E-state index in [0.717, 1.165) is 16.9 Å². The number of carbonyl (C=O) groups is 1. The standard InChI is InChI=1S/C15H18O3/c1-4-18-15(16)7-5-6-12(2)13-8-10-14(17-3)11-9-13/h5-11H,4H2,1-3H3/b7-5+,12-6-. The number of benzene rings is 1. The van der Waals surface area contributed by atoms with E-state index in [4.69, 9.17) is 9.47 Å². The molecule has 0 atom stereocenters. The molecular weight excluding hydrogens is 228 g/mol. The summed E-state index contributed by atoms with van der Waals surface area (Å²) in [6.07, 6.45) is 4.98. The van der Waals surface area contributed by atoms with Gasteiger partial charge < -0.3 is 9.47 Å². The monoisotopic (exact) mass is 246 g/mol. The van der Waals surface area contributed by atoms with E-state index in [-0.39, 0.29) is 5.97 Å². The van der Waals surface area contributed by atoms with Gasteiger partial charge in [-0.05, 0) is 37.1 Å². The Morgan fingerprint density at radius 2 is 1.94 bits per heavy atom. The van der Waals surface area contributed by atoms with Crippen LogP contribution in [0.15, 0.2) is 42.5 Å². The molecule has 3 heteroatoms. The van der Waals surface area contributed by atoms with E-state index in [0.29, 0.717) is 6.61 Å². The van der Waals surface area contributed by atoms with Crippen LogP contribution in [0.5, 0.6) is 5.75 Å². The Hall–Kier alpha value is -2.03. The number of hydrogen-bond donors (Lipinski definition) is 0. The third-order valence-electron chi connectivity index (χ3n) is 2.41. The maximum absolute atomic E-state index is 11.1. The average molecular weight is 246 g/mol. The van der Waals surface area contributed by atoms with Gasteiger partial charge in [0.1, 0.15) is 5.75 Å². The maximum Gasteiger partial charge on any atom is 0.330 e. The van der Waals surface area contributed by atoms with E-state index in [1.165, 1.54) is 6.08 Å². The fraction of sp³-hybridized carbons (Fsp3) is 0.267. The molecule has 3 nitrogen and oxygen atoms in total. The summed E-state index contributed by atoms with van der Waals surface area (Å²) in [6, 6.07) is 7.76. The zero-order valence-corrected chi connectivity index (χ0v) is 11.0. The zero-order chi connectivity index (χ0) is 13.4. The Morgan fingerprint density at radius 1 is 1.28 bits per heavy atom. The Kier molecular flexibility index (Phi) is 5.71. The van der Waals surface area contributed by atoms with Gasteiger partial charge in [-0.15, -0.1) is 0 Å². The van der Waals surface area contributed by atoms with Crippen molar-refractivity contribution in [3.8, 4) is 5.75 Å². The van der Waals surface area contributed by atoms with Crippen LogP contribution in [0.4, 0.5) is 0 Å². The first-order chi connectivity index (χ1) is 8.67. The summed E-state index contributed by atoms with van der Waals surface area (Å²) in [4.78, 5) is 11.1. The number of ether oxygens (including phenoxy) is 2. The van der Waals surface area contributed by atoms with Crippen LogP contribution < -0.4 is 4.74 Å². The van der Waals surface area contributed by atoms with Gasteiger partial charge in [0.2, 0.25) is 0 Å². The molecule has 0 unspecified atom stereocenters. The van der Waals surface area contributed by atoms with Gasteiger partial charge in [-0.25, -0.2) is 4.79 Å². The first-order valence-electron chi connectivity index (χ1n) is 5.83. The van der Waals surface area contributed by atoms with Crippen molar-refractivity contribution in [3.63, 3.8) is 0 Å². The number of rotatable bonds is 5. The summed E-state index contributed by atoms with van der Waals surface area (Å²) in [5.74, 6) is 0.505. The average Bonchev–Trinajstić information content (AvgIpc) is 2.39. The molecule has 1 rings (SSSR count). The van der Waals surface area contributed by atoms with Crippen molar-refractivity contribution in [3.05, 3.63) is 48.1 Å². The summed E-state index contributed by atoms with van der Waals surface area (Å²) in [5.41, 5.74) is 2.16. The summed E-state index contributed by atoms with van der Waals surface area (Å²) < 4.78 is 9.88. The van der Waals surface area contributed by atoms with Gasteiger partial charge >= 0.3 is 5.97 Å². The maximum atomic E-state index is 11.1. The molecule has 18 heavy (non-hydrogen) atoms. The molecule has 0 saturated carbocycles. The van der Waals surface area contributed by atoms with Crippen LogP contribution in [0.1, 0.15) is 19.4 Å². The second-order valence-electron chi connectivity index (χ2n) is 3.69. The highest BCUT2D eigenvalue weighted by molar-refractivity contribution is 5.82. The second kappa shape index (κ2) is 7.33. The molecular formula is C15H18O3. The van der Waals surface area contributed by atoms with Crippen molar-refractivity contribution < 1.29 is 14.3 Å². The minimum atomic E-state index is -0.323. The number of hydrogen-bond acceptors (Lipinski definition) is 3. The molecule has 96 valence electrons. The number of carbonyl (C=O) groups excluding carboxylic acids is 1. The zero-order valence-electron chi connectivity index (χ0n) is 11.0. The summed E-state index contributed by atoms with van der Waals surface area (Å²) in [7, 11) is 1.64. The van der Waals surface area contributed by atoms with E-state index < -0.39 is 0 Å². The van der Waals surface area contributed by atoms with E-state index in [1.54, 1.807) is 20.1 Å². The fourth-order valence-corrected chi connectivity index (χ4v) is 1.41. The Balaban J connectivity index is 2.67. The van der Waals surface area contributed by atoms with Crippen LogP contribution in [0.3, 0.4) is 0 Å². The van der Waals surface area contributed by atoms with Crippen LogP contribution >= 0.6 is 0 Å². The van der Waals surface area contributed by atoms with E-state index in [2.05, 4.69) is 0 Å². The molecule has 0 heterocycles. The third kappa shape index (κ3) is 4.45. The largest absolute Gasteiger partial charge is 0.497 e. The van der Waals surface area contributed by atoms with Gasteiger partial charge in [0.05, 0.1) is 13.7 Å². The number of allylic oxidation sites excluding steroid dienone is 3. The van der Waals surface area contributed by atoms with Crippen molar-refractivity contribution in [2.24, 2.45) is 0 Å². The third-order valence-corrected chi connectivity index (χ3v) is 2.41. The molecule has 0 aliphatic heterocycles. The lowest BCUT2D eigenvalue weighted by Gasteiger charge is -2.02. The van der Waals surface area contributed by atoms with E-state index in [1.807, 2.05) is 37.3 Å². The predicted octanol–water partition coefficient (Wildman–Crippen LogP) is 3.22. The molecule has 0 bridgehead atoms. The number of esters is 1. The van der Waals surface area contributed by atoms with Gasteiger partial charge in [0, 0.05) is 6.08 Å². The highest BCUT2D eigenvalue weighted by Gasteiger charge is 1.96. The van der Waals surface area contributed by atoms with Crippen LogP contribution in [-0.4, -0.2) is 19.7 Å². The molecule has 0 aliphatic carbocycles. The molecule has 0 fully saturated rings. The quantitative estimate of drug-likeness (QED) is 0.454. The molecule has 0 N–H and O–H groups in total. The van der Waals surface area contributed by atoms with Gasteiger partial charge in [0.15, 0.2) is 0 Å². The Morgan fingerprint density at radius 3 is 2.50 bits per heavy atom. The van der Waals surface area contributed by atoms with Gasteiger partial charge in [-0.3, -0.25) is 0 Å². The minimum Gasteiger partial charge on any atom is -0.497 e. The van der Waals surface area contributed by atoms with Crippen molar-refractivity contribution in [2.45, 2.75) is 13.8 Å². The molecule has 1 aromatic rings. The normalized spacial score (nSPS) is 11.6. The minimum absolute atomic E-state index is 0.323. The lowest BCUT2D eigenvalue weighted by atomic mass is 10.1. The molecule has 0 amide bonds. The first-order valence-corrected chi connectivity index (χ1v) is 5.83. The summed E-state index contributed by atoms with van der Waals surface area (Å²) >= 11 is 0. The van der Waals surface area contributed by atoms with Crippen LogP contribution in [0.25, 0.3) is 5.57 Å². The van der Waals surface area contributed by atoms with Gasteiger partial charge in [-0.2, -0.15) is 0 Å².